The maximum Gasteiger partial charge on any atom is 0.325 e. The maximum atomic E-state index is 12.3. The van der Waals surface area contributed by atoms with Gasteiger partial charge in [-0.2, -0.15) is 0 Å². The summed E-state index contributed by atoms with van der Waals surface area (Å²) in [4.78, 5) is 38.6. The first-order valence-electron chi connectivity index (χ1n) is 11.4. The number of anilines is 1. The van der Waals surface area contributed by atoms with Gasteiger partial charge in [-0.25, -0.2) is 9.59 Å². The molecule has 2 fully saturated rings. The number of hydrogen-bond donors (Lipinski definition) is 4. The van der Waals surface area contributed by atoms with Gasteiger partial charge in [0.25, 0.3) is 0 Å². The van der Waals surface area contributed by atoms with Crippen LogP contribution in [0.4, 0.5) is 15.3 Å². The van der Waals surface area contributed by atoms with Crippen LogP contribution in [0.3, 0.4) is 0 Å². The number of nitrogens with zero attached hydrogens (tertiary/aromatic N) is 1. The van der Waals surface area contributed by atoms with Crippen LogP contribution < -0.4 is 21.3 Å². The molecule has 0 atom stereocenters. The molecule has 0 radical (unpaired) electrons. The van der Waals surface area contributed by atoms with Crippen molar-refractivity contribution >= 4 is 23.7 Å². The summed E-state index contributed by atoms with van der Waals surface area (Å²) in [5.74, 6) is -0.329. The second-order valence-electron chi connectivity index (χ2n) is 8.75. The average molecular weight is 430 g/mol. The Balaban J connectivity index is 1.34. The normalized spacial score (nSPS) is 18.3. The molecule has 1 aliphatic carbocycles. The molecule has 2 aliphatic rings. The highest BCUT2D eigenvalue weighted by atomic mass is 16.2. The standard InChI is InChI=1S/C23H35N5O3/c1-16-7-6-10-20(17(16)2)26-23(31)27-21(29)15-28-13-11-19(12-14-28)25-22(30)24-18-8-4-3-5-9-18/h6-7,10,18-19H,3-5,8-9,11-15H2,1-2H3,(H2,24,25,30)(H2,26,27,29,31). The Kier molecular flexibility index (Phi) is 8.28. The lowest BCUT2D eigenvalue weighted by Crippen LogP contribution is -2.51. The first-order chi connectivity index (χ1) is 14.9. The van der Waals surface area contributed by atoms with Crippen molar-refractivity contribution in [1.82, 2.24) is 20.9 Å². The number of aryl methyl sites for hydroxylation is 1. The number of nitrogens with one attached hydrogen (secondary N) is 4. The summed E-state index contributed by atoms with van der Waals surface area (Å²) < 4.78 is 0. The van der Waals surface area contributed by atoms with E-state index in [9.17, 15) is 14.4 Å². The fourth-order valence-corrected chi connectivity index (χ4v) is 4.30. The number of urea groups is 2. The van der Waals surface area contributed by atoms with Gasteiger partial charge in [0.2, 0.25) is 5.91 Å². The van der Waals surface area contributed by atoms with Crippen LogP contribution in [0.25, 0.3) is 0 Å². The molecule has 1 aromatic carbocycles. The molecule has 0 unspecified atom stereocenters. The van der Waals surface area contributed by atoms with Crippen LogP contribution in [0.1, 0.15) is 56.1 Å². The van der Waals surface area contributed by atoms with E-state index in [2.05, 4.69) is 21.3 Å². The number of likely N-dealkylation sites (tertiary alicyclic amines) is 1. The molecule has 4 N–H and O–H groups in total. The Hall–Kier alpha value is -2.61. The summed E-state index contributed by atoms with van der Waals surface area (Å²) in [6, 6.07) is 5.48. The lowest BCUT2D eigenvalue weighted by molar-refractivity contribution is -0.121. The monoisotopic (exact) mass is 429 g/mol. The fraction of sp³-hybridized carbons (Fsp3) is 0.609. The molecule has 0 bridgehead atoms. The largest absolute Gasteiger partial charge is 0.335 e. The predicted octanol–water partition coefficient (Wildman–Crippen LogP) is 3.05. The number of carbonyl (C=O) groups is 3. The van der Waals surface area contributed by atoms with Gasteiger partial charge in [0.15, 0.2) is 0 Å². The van der Waals surface area contributed by atoms with Crippen LogP contribution in [0, 0.1) is 13.8 Å². The van der Waals surface area contributed by atoms with Crippen LogP contribution >= 0.6 is 0 Å². The van der Waals surface area contributed by atoms with Gasteiger partial charge in [0.05, 0.1) is 6.54 Å². The van der Waals surface area contributed by atoms with E-state index in [-0.39, 0.29) is 24.5 Å². The molecular formula is C23H35N5O3. The second-order valence-corrected chi connectivity index (χ2v) is 8.75. The number of piperidine rings is 1. The molecule has 1 aliphatic heterocycles. The van der Waals surface area contributed by atoms with Crippen molar-refractivity contribution in [2.45, 2.75) is 70.9 Å². The first kappa shape index (κ1) is 23.1. The van der Waals surface area contributed by atoms with E-state index in [1.807, 2.05) is 36.9 Å². The van der Waals surface area contributed by atoms with E-state index in [0.29, 0.717) is 24.8 Å². The molecule has 5 amide bonds. The quantitative estimate of drug-likeness (QED) is 0.578. The summed E-state index contributed by atoms with van der Waals surface area (Å²) in [6.45, 7) is 5.49. The minimum absolute atomic E-state index is 0.0776. The molecule has 8 nitrogen and oxygen atoms in total. The Morgan fingerprint density at radius 2 is 1.55 bits per heavy atom. The number of amides is 5. The molecule has 8 heteroatoms. The Morgan fingerprint density at radius 1 is 0.903 bits per heavy atom. The zero-order valence-corrected chi connectivity index (χ0v) is 18.6. The third kappa shape index (κ3) is 7.24. The Labute approximate surface area is 184 Å². The second kappa shape index (κ2) is 11.1. The van der Waals surface area contributed by atoms with Gasteiger partial charge in [0.1, 0.15) is 0 Å². The first-order valence-corrected chi connectivity index (χ1v) is 11.4. The number of benzene rings is 1. The van der Waals surface area contributed by atoms with E-state index < -0.39 is 6.03 Å². The number of imide groups is 1. The van der Waals surface area contributed by atoms with Crippen LogP contribution in [-0.2, 0) is 4.79 Å². The van der Waals surface area contributed by atoms with Crippen LogP contribution in [-0.4, -0.2) is 54.6 Å². The molecule has 170 valence electrons. The summed E-state index contributed by atoms with van der Waals surface area (Å²) in [7, 11) is 0. The van der Waals surface area contributed by atoms with Gasteiger partial charge in [-0.1, -0.05) is 31.4 Å². The highest BCUT2D eigenvalue weighted by molar-refractivity contribution is 6.02. The molecule has 1 aromatic rings. The third-order valence-electron chi connectivity index (χ3n) is 6.34. The van der Waals surface area contributed by atoms with Crippen LogP contribution in [0.15, 0.2) is 18.2 Å². The molecule has 1 heterocycles. The number of rotatable bonds is 5. The molecule has 31 heavy (non-hydrogen) atoms. The van der Waals surface area contributed by atoms with Crippen molar-refractivity contribution in [1.29, 1.82) is 0 Å². The van der Waals surface area contributed by atoms with Crippen molar-refractivity contribution < 1.29 is 14.4 Å². The van der Waals surface area contributed by atoms with Crippen LogP contribution in [0.2, 0.25) is 0 Å². The Bertz CT molecular complexity index is 783. The van der Waals surface area contributed by atoms with E-state index in [1.54, 1.807) is 0 Å². The van der Waals surface area contributed by atoms with Gasteiger partial charge in [-0.15, -0.1) is 0 Å². The maximum absolute atomic E-state index is 12.3. The molecule has 1 saturated carbocycles. The summed E-state index contributed by atoms with van der Waals surface area (Å²) in [6.07, 6.45) is 7.36. The zero-order valence-electron chi connectivity index (χ0n) is 18.6. The van der Waals surface area contributed by atoms with Gasteiger partial charge >= 0.3 is 12.1 Å². The Morgan fingerprint density at radius 3 is 2.23 bits per heavy atom. The smallest absolute Gasteiger partial charge is 0.325 e. The van der Waals surface area contributed by atoms with E-state index in [4.69, 9.17) is 0 Å². The van der Waals surface area contributed by atoms with Crippen molar-refractivity contribution in [3.8, 4) is 0 Å². The highest BCUT2D eigenvalue weighted by Crippen LogP contribution is 2.18. The van der Waals surface area contributed by atoms with Gasteiger partial charge in [-0.3, -0.25) is 15.0 Å². The van der Waals surface area contributed by atoms with Crippen molar-refractivity contribution in [3.63, 3.8) is 0 Å². The predicted molar refractivity (Wildman–Crippen MR) is 121 cm³/mol. The molecule has 0 aromatic heterocycles. The lowest BCUT2D eigenvalue weighted by atomic mass is 9.96. The fourth-order valence-electron chi connectivity index (χ4n) is 4.30. The average Bonchev–Trinajstić information content (AvgIpc) is 2.73. The summed E-state index contributed by atoms with van der Waals surface area (Å²) in [5, 5.41) is 11.3. The van der Waals surface area contributed by atoms with E-state index in [0.717, 1.165) is 36.8 Å². The van der Waals surface area contributed by atoms with Crippen molar-refractivity contribution in [2.75, 3.05) is 25.0 Å². The molecule has 1 saturated heterocycles. The summed E-state index contributed by atoms with van der Waals surface area (Å²) >= 11 is 0. The third-order valence-corrected chi connectivity index (χ3v) is 6.34. The minimum Gasteiger partial charge on any atom is -0.335 e. The van der Waals surface area contributed by atoms with Crippen molar-refractivity contribution in [3.05, 3.63) is 29.3 Å². The molecular weight excluding hydrogens is 394 g/mol. The van der Waals surface area contributed by atoms with Gasteiger partial charge in [0, 0.05) is 30.9 Å². The highest BCUT2D eigenvalue weighted by Gasteiger charge is 2.24. The van der Waals surface area contributed by atoms with Gasteiger partial charge < -0.3 is 16.0 Å². The van der Waals surface area contributed by atoms with Crippen molar-refractivity contribution in [2.24, 2.45) is 0 Å². The topological polar surface area (TPSA) is 103 Å². The van der Waals surface area contributed by atoms with Crippen LogP contribution in [0.5, 0.6) is 0 Å². The minimum atomic E-state index is -0.519. The lowest BCUT2D eigenvalue weighted by Gasteiger charge is -2.32. The molecule has 3 rings (SSSR count). The molecule has 0 spiro atoms. The van der Waals surface area contributed by atoms with E-state index >= 15 is 0 Å². The summed E-state index contributed by atoms with van der Waals surface area (Å²) in [5.41, 5.74) is 2.75. The van der Waals surface area contributed by atoms with E-state index in [1.165, 1.54) is 19.3 Å². The SMILES string of the molecule is Cc1cccc(NC(=O)NC(=O)CN2CCC(NC(=O)NC3CCCCC3)CC2)c1C. The zero-order chi connectivity index (χ0) is 22.2. The number of hydrogen-bond acceptors (Lipinski definition) is 4. The van der Waals surface area contributed by atoms with Gasteiger partial charge in [-0.05, 0) is 56.7 Å². The number of carbonyl (C=O) groups excluding carboxylic acids is 3.